The molecule has 0 amide bonds. The molecule has 1 heterocycles. The molecule has 0 fully saturated rings. The molecule has 0 radical (unpaired) electrons. The van der Waals surface area contributed by atoms with Gasteiger partial charge in [0.15, 0.2) is 0 Å². The van der Waals surface area contributed by atoms with Crippen LogP contribution in [0.25, 0.3) is 0 Å². The smallest absolute Gasteiger partial charge is 0.352 e. The van der Waals surface area contributed by atoms with Gasteiger partial charge in [-0.05, 0) is 5.56 Å². The fourth-order valence-electron chi connectivity index (χ4n) is 1.69. The van der Waals surface area contributed by atoms with Crippen molar-refractivity contribution in [2.24, 2.45) is 4.99 Å². The van der Waals surface area contributed by atoms with Crippen LogP contribution in [-0.2, 0) is 19.1 Å². The number of cyclic esters (lactones) is 1. The molecule has 0 spiro atoms. The molecule has 0 N–H and O–H groups in total. The van der Waals surface area contributed by atoms with E-state index in [0.717, 1.165) is 5.56 Å². The number of hydrogen-bond donors (Lipinski definition) is 0. The summed E-state index contributed by atoms with van der Waals surface area (Å²) in [7, 11) is 1.27. The molecule has 0 saturated carbocycles. The number of carbonyl (C=O) groups is 2. The van der Waals surface area contributed by atoms with E-state index >= 15 is 0 Å². The summed E-state index contributed by atoms with van der Waals surface area (Å²) in [5.74, 6) is -1.05. The van der Waals surface area contributed by atoms with Crippen molar-refractivity contribution in [1.29, 1.82) is 0 Å². The van der Waals surface area contributed by atoms with Crippen LogP contribution in [0.2, 0.25) is 0 Å². The lowest BCUT2D eigenvalue weighted by atomic mass is 10.1. The van der Waals surface area contributed by atoms with Crippen LogP contribution < -0.4 is 0 Å². The van der Waals surface area contributed by atoms with Crippen LogP contribution in [-0.4, -0.2) is 31.4 Å². The Labute approximate surface area is 104 Å². The Morgan fingerprint density at radius 1 is 1.44 bits per heavy atom. The maximum atomic E-state index is 11.5. The quantitative estimate of drug-likeness (QED) is 0.755. The van der Waals surface area contributed by atoms with Gasteiger partial charge in [0.05, 0.1) is 13.5 Å². The van der Waals surface area contributed by atoms with Crippen molar-refractivity contribution in [1.82, 2.24) is 0 Å². The molecule has 0 saturated heterocycles. The van der Waals surface area contributed by atoms with Crippen LogP contribution in [0.15, 0.2) is 35.3 Å². The van der Waals surface area contributed by atoms with E-state index in [1.807, 2.05) is 30.3 Å². The average molecular weight is 247 g/mol. The fourth-order valence-corrected chi connectivity index (χ4v) is 1.69. The van der Waals surface area contributed by atoms with Crippen LogP contribution in [0.5, 0.6) is 0 Å². The monoisotopic (exact) mass is 247 g/mol. The zero-order valence-corrected chi connectivity index (χ0v) is 9.96. The Morgan fingerprint density at radius 2 is 2.17 bits per heavy atom. The molecular weight excluding hydrogens is 234 g/mol. The second-order valence-electron chi connectivity index (χ2n) is 3.85. The van der Waals surface area contributed by atoms with Crippen LogP contribution in [0.4, 0.5) is 0 Å². The second kappa shape index (κ2) is 5.44. The van der Waals surface area contributed by atoms with Gasteiger partial charge < -0.3 is 9.47 Å². The molecule has 1 aromatic carbocycles. The molecule has 0 aromatic heterocycles. The SMILES string of the molecule is COC(=O)CC1=N[C@H](c2ccccc2)COC1=O. The molecule has 0 unspecified atom stereocenters. The second-order valence-corrected chi connectivity index (χ2v) is 3.85. The van der Waals surface area contributed by atoms with E-state index in [-0.39, 0.29) is 24.8 Å². The molecule has 0 bridgehead atoms. The minimum atomic E-state index is -0.549. The standard InChI is InChI=1S/C13H13NO4/c1-17-12(15)7-10-13(16)18-8-11(14-10)9-5-3-2-4-6-9/h2-6,11H,7-8H2,1H3/t11-/m0/s1. The van der Waals surface area contributed by atoms with E-state index in [1.165, 1.54) is 7.11 Å². The number of aliphatic imine (C=N–C) groups is 1. The third-order valence-corrected chi connectivity index (χ3v) is 2.64. The van der Waals surface area contributed by atoms with Crippen molar-refractivity contribution >= 4 is 17.7 Å². The molecule has 1 aliphatic heterocycles. The highest BCUT2D eigenvalue weighted by atomic mass is 16.5. The first-order valence-corrected chi connectivity index (χ1v) is 5.56. The fraction of sp³-hybridized carbons (Fsp3) is 0.308. The van der Waals surface area contributed by atoms with Crippen molar-refractivity contribution in [2.45, 2.75) is 12.5 Å². The zero-order valence-electron chi connectivity index (χ0n) is 9.96. The summed E-state index contributed by atoms with van der Waals surface area (Å²) in [5.41, 5.74) is 1.06. The van der Waals surface area contributed by atoms with Crippen LogP contribution in [0, 0.1) is 0 Å². The van der Waals surface area contributed by atoms with Crippen molar-refractivity contribution in [2.75, 3.05) is 13.7 Å². The van der Waals surface area contributed by atoms with Gasteiger partial charge in [-0.1, -0.05) is 30.3 Å². The Balaban J connectivity index is 2.19. The Hall–Kier alpha value is -2.17. The van der Waals surface area contributed by atoms with Crippen LogP contribution in [0.3, 0.4) is 0 Å². The highest BCUT2D eigenvalue weighted by Gasteiger charge is 2.26. The maximum absolute atomic E-state index is 11.5. The first-order chi connectivity index (χ1) is 8.70. The minimum absolute atomic E-state index is 0.113. The number of benzene rings is 1. The summed E-state index contributed by atoms with van der Waals surface area (Å²) in [5, 5.41) is 0. The Bertz CT molecular complexity index is 481. The van der Waals surface area contributed by atoms with Crippen LogP contribution in [0.1, 0.15) is 18.0 Å². The molecule has 5 heteroatoms. The number of hydrogen-bond acceptors (Lipinski definition) is 5. The van der Waals surface area contributed by atoms with Gasteiger partial charge in [-0.2, -0.15) is 0 Å². The summed E-state index contributed by atoms with van der Waals surface area (Å²) >= 11 is 0. The third-order valence-electron chi connectivity index (χ3n) is 2.64. The number of rotatable bonds is 3. The average Bonchev–Trinajstić information content (AvgIpc) is 2.42. The lowest BCUT2D eigenvalue weighted by molar-refractivity contribution is -0.142. The molecule has 2 rings (SSSR count). The summed E-state index contributed by atoms with van der Waals surface area (Å²) in [6.07, 6.45) is -0.154. The summed E-state index contributed by atoms with van der Waals surface area (Å²) < 4.78 is 9.54. The zero-order chi connectivity index (χ0) is 13.0. The molecule has 0 aliphatic carbocycles. The summed E-state index contributed by atoms with van der Waals surface area (Å²) in [4.78, 5) is 26.9. The number of nitrogens with zero attached hydrogens (tertiary/aromatic N) is 1. The summed E-state index contributed by atoms with van der Waals surface area (Å²) in [6.45, 7) is 0.202. The van der Waals surface area contributed by atoms with Gasteiger partial charge in [-0.25, -0.2) is 4.79 Å². The molecule has 1 aromatic rings. The van der Waals surface area contributed by atoms with Gasteiger partial charge in [-0.15, -0.1) is 0 Å². The topological polar surface area (TPSA) is 65.0 Å². The van der Waals surface area contributed by atoms with Crippen molar-refractivity contribution in [3.63, 3.8) is 0 Å². The first kappa shape index (κ1) is 12.3. The lowest BCUT2D eigenvalue weighted by Crippen LogP contribution is -2.29. The van der Waals surface area contributed by atoms with E-state index in [2.05, 4.69) is 9.73 Å². The molecule has 94 valence electrons. The van der Waals surface area contributed by atoms with Crippen molar-refractivity contribution in [3.05, 3.63) is 35.9 Å². The number of carbonyl (C=O) groups excluding carboxylic acids is 2. The minimum Gasteiger partial charge on any atom is -0.469 e. The predicted octanol–water partition coefficient (Wildman–Crippen LogP) is 1.29. The normalized spacial score (nSPS) is 18.8. The van der Waals surface area contributed by atoms with Gasteiger partial charge in [-0.3, -0.25) is 9.79 Å². The van der Waals surface area contributed by atoms with Gasteiger partial charge in [0.25, 0.3) is 0 Å². The van der Waals surface area contributed by atoms with E-state index in [1.54, 1.807) is 0 Å². The predicted molar refractivity (Wildman–Crippen MR) is 64.2 cm³/mol. The van der Waals surface area contributed by atoms with Gasteiger partial charge >= 0.3 is 11.9 Å². The largest absolute Gasteiger partial charge is 0.469 e. The van der Waals surface area contributed by atoms with Gasteiger partial charge in [0.1, 0.15) is 18.4 Å². The first-order valence-electron chi connectivity index (χ1n) is 5.56. The van der Waals surface area contributed by atoms with Gasteiger partial charge in [0, 0.05) is 0 Å². The number of methoxy groups -OCH3 is 1. The van der Waals surface area contributed by atoms with E-state index in [9.17, 15) is 9.59 Å². The van der Waals surface area contributed by atoms with E-state index in [0.29, 0.717) is 0 Å². The Morgan fingerprint density at radius 3 is 2.83 bits per heavy atom. The maximum Gasteiger partial charge on any atom is 0.352 e. The third kappa shape index (κ3) is 2.74. The van der Waals surface area contributed by atoms with Gasteiger partial charge in [0.2, 0.25) is 0 Å². The van der Waals surface area contributed by atoms with Crippen molar-refractivity contribution in [3.8, 4) is 0 Å². The Kier molecular flexibility index (Phi) is 3.72. The van der Waals surface area contributed by atoms with E-state index in [4.69, 9.17) is 4.74 Å². The molecular formula is C13H13NO4. The van der Waals surface area contributed by atoms with Crippen LogP contribution >= 0.6 is 0 Å². The lowest BCUT2D eigenvalue weighted by Gasteiger charge is -2.20. The molecule has 1 aliphatic rings. The molecule has 18 heavy (non-hydrogen) atoms. The molecule has 5 nitrogen and oxygen atoms in total. The number of ether oxygens (including phenoxy) is 2. The van der Waals surface area contributed by atoms with Crippen molar-refractivity contribution < 1.29 is 19.1 Å². The highest BCUT2D eigenvalue weighted by molar-refractivity contribution is 6.39. The molecule has 1 atom stereocenters. The highest BCUT2D eigenvalue weighted by Crippen LogP contribution is 2.21. The summed E-state index contributed by atoms with van der Waals surface area (Å²) in [6, 6.07) is 9.25. The number of esters is 2. The van der Waals surface area contributed by atoms with E-state index < -0.39 is 11.9 Å².